The van der Waals surface area contributed by atoms with E-state index in [9.17, 15) is 9.59 Å². The number of hydrogen-bond acceptors (Lipinski definition) is 5. The fourth-order valence-electron chi connectivity index (χ4n) is 3.20. The molecule has 2 unspecified atom stereocenters. The average Bonchev–Trinajstić information content (AvgIpc) is 2.79. The summed E-state index contributed by atoms with van der Waals surface area (Å²) in [6, 6.07) is 12.4. The van der Waals surface area contributed by atoms with Crippen molar-refractivity contribution in [1.82, 2.24) is 10.6 Å². The zero-order chi connectivity index (χ0) is 25.9. The van der Waals surface area contributed by atoms with Crippen molar-refractivity contribution in [3.8, 4) is 0 Å². The zero-order valence-electron chi connectivity index (χ0n) is 20.0. The van der Waals surface area contributed by atoms with Crippen molar-refractivity contribution in [3.63, 3.8) is 0 Å². The van der Waals surface area contributed by atoms with Gasteiger partial charge in [0.1, 0.15) is 5.78 Å². The highest BCUT2D eigenvalue weighted by molar-refractivity contribution is 6.42. The van der Waals surface area contributed by atoms with E-state index >= 15 is 0 Å². The zero-order valence-corrected chi connectivity index (χ0v) is 22.3. The molecule has 9 heteroatoms. The number of hydrogen-bond donors (Lipinski definition) is 4. The molecule has 0 saturated heterocycles. The lowest BCUT2D eigenvalue weighted by atomic mass is 9.80. The molecule has 0 spiro atoms. The molecule has 5 N–H and O–H groups in total. The molecule has 2 rings (SSSR count). The summed E-state index contributed by atoms with van der Waals surface area (Å²) in [5.74, 6) is -0.551. The van der Waals surface area contributed by atoms with Crippen LogP contribution < -0.4 is 16.4 Å². The molecule has 0 aliphatic heterocycles. The standard InChI is InChI=1S/C15H22ClNO2.C10H12Cl2N2O/c1-15(2,3)14(19)13(10-17-8-9-18)11-4-6-12(16)7-5-11;1-14-10(15)7(5-13)6-2-3-8(11)9(12)4-6/h4-7,13,17-18H,8-10H2,1-3H3;2-4,7H,5,13H2,1H3,(H,14,15). The van der Waals surface area contributed by atoms with Crippen molar-refractivity contribution >= 4 is 46.5 Å². The van der Waals surface area contributed by atoms with E-state index in [-0.39, 0.29) is 36.7 Å². The summed E-state index contributed by atoms with van der Waals surface area (Å²) in [7, 11) is 1.57. The molecule has 0 aromatic heterocycles. The first-order valence-electron chi connectivity index (χ1n) is 10.9. The van der Waals surface area contributed by atoms with Crippen LogP contribution in [-0.4, -0.2) is 50.1 Å². The number of amides is 1. The molecule has 0 radical (unpaired) electrons. The van der Waals surface area contributed by atoms with Gasteiger partial charge in [0.2, 0.25) is 5.91 Å². The van der Waals surface area contributed by atoms with Crippen LogP contribution in [0.3, 0.4) is 0 Å². The predicted octanol–water partition coefficient (Wildman–Crippen LogP) is 4.40. The van der Waals surface area contributed by atoms with Crippen LogP contribution in [0, 0.1) is 5.41 Å². The van der Waals surface area contributed by atoms with Gasteiger partial charge < -0.3 is 21.5 Å². The largest absolute Gasteiger partial charge is 0.395 e. The van der Waals surface area contributed by atoms with Crippen LogP contribution in [0.1, 0.15) is 43.7 Å². The lowest BCUT2D eigenvalue weighted by molar-refractivity contribution is -0.127. The monoisotopic (exact) mass is 529 g/mol. The number of Topliss-reactive ketones (excluding diaryl/α,β-unsaturated/α-hetero) is 1. The Balaban J connectivity index is 0.000000350. The van der Waals surface area contributed by atoms with E-state index < -0.39 is 5.41 Å². The molecule has 0 saturated carbocycles. The molecule has 0 bridgehead atoms. The highest BCUT2D eigenvalue weighted by Gasteiger charge is 2.30. The number of carbonyl (C=O) groups excluding carboxylic acids is 2. The van der Waals surface area contributed by atoms with Gasteiger partial charge in [-0.3, -0.25) is 9.59 Å². The Hall–Kier alpha value is -1.67. The quantitative estimate of drug-likeness (QED) is 0.360. The smallest absolute Gasteiger partial charge is 0.228 e. The van der Waals surface area contributed by atoms with E-state index in [0.29, 0.717) is 28.2 Å². The SMILES string of the molecule is CC(C)(C)C(=O)C(CNCCO)c1ccc(Cl)cc1.CNC(=O)C(CN)c1ccc(Cl)c(Cl)c1. The molecule has 0 aliphatic rings. The van der Waals surface area contributed by atoms with Crippen molar-refractivity contribution in [1.29, 1.82) is 0 Å². The van der Waals surface area contributed by atoms with E-state index in [2.05, 4.69) is 10.6 Å². The number of likely N-dealkylation sites (N-methyl/N-ethyl adjacent to an activating group) is 1. The number of aliphatic hydroxyl groups excluding tert-OH is 1. The summed E-state index contributed by atoms with van der Waals surface area (Å²) >= 11 is 17.5. The van der Waals surface area contributed by atoms with Gasteiger partial charge in [-0.05, 0) is 35.4 Å². The maximum atomic E-state index is 12.5. The second-order valence-corrected chi connectivity index (χ2v) is 9.97. The minimum atomic E-state index is -0.398. The van der Waals surface area contributed by atoms with E-state index in [1.165, 1.54) is 0 Å². The van der Waals surface area contributed by atoms with Crippen LogP contribution in [-0.2, 0) is 9.59 Å². The number of benzene rings is 2. The summed E-state index contributed by atoms with van der Waals surface area (Å²) in [6.07, 6.45) is 0. The molecule has 2 aromatic rings. The number of aliphatic hydroxyl groups is 1. The van der Waals surface area contributed by atoms with Crippen molar-refractivity contribution in [2.75, 3.05) is 33.3 Å². The Kier molecular flexibility index (Phi) is 13.1. The van der Waals surface area contributed by atoms with Crippen LogP contribution >= 0.6 is 34.8 Å². The number of nitrogens with one attached hydrogen (secondary N) is 2. The van der Waals surface area contributed by atoms with Gasteiger partial charge in [0.05, 0.1) is 28.5 Å². The second-order valence-electron chi connectivity index (χ2n) is 8.72. The topological polar surface area (TPSA) is 104 Å². The molecule has 1 amide bonds. The van der Waals surface area contributed by atoms with Gasteiger partial charge >= 0.3 is 0 Å². The van der Waals surface area contributed by atoms with E-state index in [0.717, 1.165) is 11.1 Å². The number of carbonyl (C=O) groups is 2. The molecule has 2 aromatic carbocycles. The van der Waals surface area contributed by atoms with E-state index in [4.69, 9.17) is 45.6 Å². The number of nitrogens with two attached hydrogens (primary N) is 1. The minimum Gasteiger partial charge on any atom is -0.395 e. The van der Waals surface area contributed by atoms with Crippen molar-refractivity contribution in [2.24, 2.45) is 11.1 Å². The van der Waals surface area contributed by atoms with Crippen molar-refractivity contribution in [3.05, 3.63) is 68.7 Å². The third kappa shape index (κ3) is 9.53. The van der Waals surface area contributed by atoms with E-state index in [1.54, 1.807) is 37.4 Å². The number of halogens is 3. The molecular formula is C25H34Cl3N3O3. The van der Waals surface area contributed by atoms with Crippen LogP contribution in [0.25, 0.3) is 0 Å². The predicted molar refractivity (Wildman–Crippen MR) is 141 cm³/mol. The highest BCUT2D eigenvalue weighted by Crippen LogP contribution is 2.28. The molecule has 34 heavy (non-hydrogen) atoms. The highest BCUT2D eigenvalue weighted by atomic mass is 35.5. The molecule has 0 aliphatic carbocycles. The van der Waals surface area contributed by atoms with Crippen LogP contribution in [0.4, 0.5) is 0 Å². The summed E-state index contributed by atoms with van der Waals surface area (Å²) in [5.41, 5.74) is 6.86. The van der Waals surface area contributed by atoms with Gasteiger partial charge in [-0.2, -0.15) is 0 Å². The van der Waals surface area contributed by atoms with Gasteiger partial charge in [-0.1, -0.05) is 73.8 Å². The van der Waals surface area contributed by atoms with Crippen molar-refractivity contribution in [2.45, 2.75) is 32.6 Å². The minimum absolute atomic E-state index is 0.0665. The molecule has 2 atom stereocenters. The van der Waals surface area contributed by atoms with Gasteiger partial charge in [0.25, 0.3) is 0 Å². The third-order valence-electron chi connectivity index (χ3n) is 5.11. The Morgan fingerprint density at radius 1 is 0.971 bits per heavy atom. The maximum Gasteiger partial charge on any atom is 0.228 e. The summed E-state index contributed by atoms with van der Waals surface area (Å²) < 4.78 is 0. The van der Waals surface area contributed by atoms with Gasteiger partial charge in [0, 0.05) is 37.1 Å². The second kappa shape index (κ2) is 14.7. The summed E-state index contributed by atoms with van der Waals surface area (Å²) in [4.78, 5) is 24.0. The maximum absolute atomic E-state index is 12.5. The first-order chi connectivity index (χ1) is 16.0. The Morgan fingerprint density at radius 2 is 1.56 bits per heavy atom. The van der Waals surface area contributed by atoms with Crippen LogP contribution in [0.15, 0.2) is 42.5 Å². The molecule has 6 nitrogen and oxygen atoms in total. The fourth-order valence-corrected chi connectivity index (χ4v) is 3.64. The lowest BCUT2D eigenvalue weighted by Gasteiger charge is -2.25. The van der Waals surface area contributed by atoms with Gasteiger partial charge in [-0.25, -0.2) is 0 Å². The normalized spacial score (nSPS) is 12.9. The first-order valence-corrected chi connectivity index (χ1v) is 12.1. The van der Waals surface area contributed by atoms with Crippen LogP contribution in [0.2, 0.25) is 15.1 Å². The Bertz CT molecular complexity index is 931. The lowest BCUT2D eigenvalue weighted by Crippen LogP contribution is -2.34. The molecule has 0 heterocycles. The average molecular weight is 531 g/mol. The summed E-state index contributed by atoms with van der Waals surface area (Å²) in [5, 5.41) is 16.0. The molecule has 188 valence electrons. The Labute approximate surface area is 217 Å². The van der Waals surface area contributed by atoms with E-state index in [1.807, 2.05) is 32.9 Å². The Morgan fingerprint density at radius 3 is 2.03 bits per heavy atom. The molecule has 0 fully saturated rings. The van der Waals surface area contributed by atoms with Gasteiger partial charge in [0.15, 0.2) is 0 Å². The summed E-state index contributed by atoms with van der Waals surface area (Å²) in [6.45, 7) is 7.08. The van der Waals surface area contributed by atoms with Crippen LogP contribution in [0.5, 0.6) is 0 Å². The molecular weight excluding hydrogens is 497 g/mol. The first kappa shape index (κ1) is 30.4. The van der Waals surface area contributed by atoms with Gasteiger partial charge in [-0.15, -0.1) is 0 Å². The number of rotatable bonds is 9. The fraction of sp³-hybridized carbons (Fsp3) is 0.440. The number of ketones is 1. The van der Waals surface area contributed by atoms with Crippen molar-refractivity contribution < 1.29 is 14.7 Å². The third-order valence-corrected chi connectivity index (χ3v) is 6.10.